The highest BCUT2D eigenvalue weighted by atomic mass is 32.2. The van der Waals surface area contributed by atoms with Crippen LogP contribution in [0.2, 0.25) is 0 Å². The molecule has 1 N–H and O–H groups in total. The molecule has 0 unspecified atom stereocenters. The Bertz CT molecular complexity index is 1160. The number of nitrogens with zero attached hydrogens (tertiary/aromatic N) is 2. The van der Waals surface area contributed by atoms with Crippen molar-refractivity contribution in [1.29, 1.82) is 0 Å². The number of hydrogen-bond donors (Lipinski definition) is 1. The molecule has 0 atom stereocenters. The molecule has 3 aromatic rings. The van der Waals surface area contributed by atoms with Crippen molar-refractivity contribution in [3.05, 3.63) is 95.3 Å². The van der Waals surface area contributed by atoms with Crippen molar-refractivity contribution in [3.8, 4) is 0 Å². The molecule has 1 aliphatic rings. The third-order valence-electron chi connectivity index (χ3n) is 4.90. The van der Waals surface area contributed by atoms with E-state index in [2.05, 4.69) is 9.71 Å². The van der Waals surface area contributed by atoms with Gasteiger partial charge in [-0.2, -0.15) is 0 Å². The molecule has 8 heteroatoms. The fourth-order valence-corrected chi connectivity index (χ4v) is 4.27. The highest BCUT2D eigenvalue weighted by Gasteiger charge is 2.36. The van der Waals surface area contributed by atoms with E-state index in [-0.39, 0.29) is 29.6 Å². The zero-order valence-electron chi connectivity index (χ0n) is 16.0. The van der Waals surface area contributed by atoms with E-state index in [9.17, 15) is 18.0 Å². The van der Waals surface area contributed by atoms with Crippen molar-refractivity contribution in [2.45, 2.75) is 17.9 Å². The standard InChI is InChI=1S/C22H19N3O4S/c26-21-19-7-4-13-23-20(19)22(27)25(21)14-12-16-8-10-18(11-9-16)30(28,29)24-15-17-5-2-1-3-6-17/h1-11,13,24H,12,14-15H2. The summed E-state index contributed by atoms with van der Waals surface area (Å²) in [5.74, 6) is -0.757. The Morgan fingerprint density at radius 3 is 2.27 bits per heavy atom. The molecule has 0 spiro atoms. The minimum atomic E-state index is -3.64. The summed E-state index contributed by atoms with van der Waals surface area (Å²) in [6.07, 6.45) is 1.90. The predicted molar refractivity (Wildman–Crippen MR) is 110 cm³/mol. The fourth-order valence-electron chi connectivity index (χ4n) is 3.25. The van der Waals surface area contributed by atoms with Crippen molar-refractivity contribution < 1.29 is 18.0 Å². The lowest BCUT2D eigenvalue weighted by molar-refractivity contribution is 0.0654. The maximum Gasteiger partial charge on any atom is 0.280 e. The monoisotopic (exact) mass is 421 g/mol. The van der Waals surface area contributed by atoms with Gasteiger partial charge in [-0.15, -0.1) is 0 Å². The third kappa shape index (κ3) is 4.00. The van der Waals surface area contributed by atoms with Crippen LogP contribution in [0, 0.1) is 0 Å². The van der Waals surface area contributed by atoms with E-state index >= 15 is 0 Å². The summed E-state index contributed by atoms with van der Waals surface area (Å²) in [5.41, 5.74) is 2.18. The van der Waals surface area contributed by atoms with Crippen LogP contribution in [0.25, 0.3) is 0 Å². The van der Waals surface area contributed by atoms with Crippen LogP contribution in [0.4, 0.5) is 0 Å². The van der Waals surface area contributed by atoms with E-state index in [0.29, 0.717) is 12.0 Å². The molecule has 1 aromatic heterocycles. The van der Waals surface area contributed by atoms with Crippen molar-refractivity contribution >= 4 is 21.8 Å². The van der Waals surface area contributed by atoms with Gasteiger partial charge < -0.3 is 0 Å². The molecule has 2 amide bonds. The molecule has 0 aliphatic carbocycles. The molecule has 0 saturated carbocycles. The number of imide groups is 1. The van der Waals surface area contributed by atoms with Gasteiger partial charge in [0.05, 0.1) is 10.5 Å². The Labute approximate surface area is 174 Å². The summed E-state index contributed by atoms with van der Waals surface area (Å²) in [6.45, 7) is 0.408. The number of hydrogen-bond acceptors (Lipinski definition) is 5. The Hall–Kier alpha value is -3.36. The van der Waals surface area contributed by atoms with Crippen molar-refractivity contribution in [3.63, 3.8) is 0 Å². The molecule has 0 bridgehead atoms. The quantitative estimate of drug-likeness (QED) is 0.591. The highest BCUT2D eigenvalue weighted by molar-refractivity contribution is 7.89. The highest BCUT2D eigenvalue weighted by Crippen LogP contribution is 2.21. The molecule has 152 valence electrons. The second-order valence-electron chi connectivity index (χ2n) is 6.87. The summed E-state index contributed by atoms with van der Waals surface area (Å²) in [7, 11) is -3.64. The first-order valence-corrected chi connectivity index (χ1v) is 10.9. The van der Waals surface area contributed by atoms with Crippen LogP contribution in [-0.4, -0.2) is 36.7 Å². The average molecular weight is 421 g/mol. The van der Waals surface area contributed by atoms with Crippen molar-refractivity contribution in [2.24, 2.45) is 0 Å². The summed E-state index contributed by atoms with van der Waals surface area (Å²) in [6, 6.07) is 18.9. The summed E-state index contributed by atoms with van der Waals surface area (Å²) >= 11 is 0. The van der Waals surface area contributed by atoms with Crippen LogP contribution in [-0.2, 0) is 23.0 Å². The minimum absolute atomic E-state index is 0.159. The number of carbonyl (C=O) groups is 2. The first kappa shape index (κ1) is 19.9. The van der Waals surface area contributed by atoms with Crippen LogP contribution in [0.15, 0.2) is 77.8 Å². The van der Waals surface area contributed by atoms with Crippen LogP contribution >= 0.6 is 0 Å². The van der Waals surface area contributed by atoms with Gasteiger partial charge in [0, 0.05) is 19.3 Å². The Morgan fingerprint density at radius 1 is 0.833 bits per heavy atom. The average Bonchev–Trinajstić information content (AvgIpc) is 3.02. The molecule has 1 aliphatic heterocycles. The van der Waals surface area contributed by atoms with Crippen LogP contribution in [0.1, 0.15) is 32.0 Å². The smallest absolute Gasteiger partial charge is 0.273 e. The van der Waals surface area contributed by atoms with Crippen molar-refractivity contribution in [2.75, 3.05) is 6.54 Å². The molecule has 4 rings (SSSR count). The molecule has 2 heterocycles. The number of nitrogens with one attached hydrogen (secondary N) is 1. The predicted octanol–water partition coefficient (Wildman–Crippen LogP) is 2.40. The fraction of sp³-hybridized carbons (Fsp3) is 0.136. The SMILES string of the molecule is O=C1c2cccnc2C(=O)N1CCc1ccc(S(=O)(=O)NCc2ccccc2)cc1. The maximum absolute atomic E-state index is 12.5. The third-order valence-corrected chi connectivity index (χ3v) is 6.32. The molecule has 0 saturated heterocycles. The number of benzene rings is 2. The molecule has 30 heavy (non-hydrogen) atoms. The van der Waals surface area contributed by atoms with Gasteiger partial charge in [0.1, 0.15) is 5.69 Å². The van der Waals surface area contributed by atoms with Gasteiger partial charge in [0.2, 0.25) is 10.0 Å². The van der Waals surface area contributed by atoms with Gasteiger partial charge in [0.15, 0.2) is 0 Å². The van der Waals surface area contributed by atoms with Gasteiger partial charge in [-0.25, -0.2) is 13.1 Å². The lowest BCUT2D eigenvalue weighted by atomic mass is 10.1. The number of pyridine rings is 1. The van der Waals surface area contributed by atoms with Crippen LogP contribution in [0.5, 0.6) is 0 Å². The second kappa shape index (κ2) is 8.17. The first-order valence-electron chi connectivity index (χ1n) is 9.39. The van der Waals surface area contributed by atoms with E-state index in [4.69, 9.17) is 0 Å². The lowest BCUT2D eigenvalue weighted by Crippen LogP contribution is -2.31. The molecule has 2 aromatic carbocycles. The number of fused-ring (bicyclic) bond motifs is 1. The zero-order valence-corrected chi connectivity index (χ0v) is 16.8. The normalized spacial score (nSPS) is 13.5. The first-order chi connectivity index (χ1) is 14.5. The van der Waals surface area contributed by atoms with E-state index < -0.39 is 15.9 Å². The number of sulfonamides is 1. The van der Waals surface area contributed by atoms with Crippen LogP contribution < -0.4 is 4.72 Å². The van der Waals surface area contributed by atoms with Crippen molar-refractivity contribution in [1.82, 2.24) is 14.6 Å². The van der Waals surface area contributed by atoms with Gasteiger partial charge >= 0.3 is 0 Å². The van der Waals surface area contributed by atoms with Gasteiger partial charge in [-0.1, -0.05) is 42.5 Å². The number of rotatable bonds is 7. The molecular weight excluding hydrogens is 402 g/mol. The number of carbonyl (C=O) groups excluding carboxylic acids is 2. The molecular formula is C22H19N3O4S. The Balaban J connectivity index is 1.38. The summed E-state index contributed by atoms with van der Waals surface area (Å²) in [4.78, 5) is 30.1. The van der Waals surface area contributed by atoms with Gasteiger partial charge in [0.25, 0.3) is 11.8 Å². The molecule has 7 nitrogen and oxygen atoms in total. The maximum atomic E-state index is 12.5. The second-order valence-corrected chi connectivity index (χ2v) is 8.63. The Kier molecular flexibility index (Phi) is 5.43. The van der Waals surface area contributed by atoms with E-state index in [1.807, 2.05) is 30.3 Å². The summed E-state index contributed by atoms with van der Waals surface area (Å²) < 4.78 is 27.5. The summed E-state index contributed by atoms with van der Waals surface area (Å²) in [5, 5.41) is 0. The van der Waals surface area contributed by atoms with E-state index in [1.54, 1.807) is 24.3 Å². The largest absolute Gasteiger partial charge is 0.280 e. The van der Waals surface area contributed by atoms with Crippen LogP contribution in [0.3, 0.4) is 0 Å². The van der Waals surface area contributed by atoms with E-state index in [1.165, 1.54) is 23.2 Å². The van der Waals surface area contributed by atoms with Gasteiger partial charge in [-0.3, -0.25) is 19.5 Å². The lowest BCUT2D eigenvalue weighted by Gasteiger charge is -2.13. The Morgan fingerprint density at radius 2 is 1.57 bits per heavy atom. The number of amides is 2. The van der Waals surface area contributed by atoms with E-state index in [0.717, 1.165) is 11.1 Å². The zero-order chi connectivity index (χ0) is 21.1. The topological polar surface area (TPSA) is 96.4 Å². The molecule has 0 fully saturated rings. The molecule has 0 radical (unpaired) electrons. The van der Waals surface area contributed by atoms with Gasteiger partial charge in [-0.05, 0) is 41.8 Å². The number of aromatic nitrogens is 1. The minimum Gasteiger partial charge on any atom is -0.273 e.